The fraction of sp³-hybridized carbons (Fsp3) is 0.462. The summed E-state index contributed by atoms with van der Waals surface area (Å²) in [5.74, 6) is 0.998. The van der Waals surface area contributed by atoms with Crippen LogP contribution in [0.1, 0.15) is 23.2 Å². The van der Waals surface area contributed by atoms with E-state index in [0.717, 1.165) is 12.8 Å². The molecular weight excluding hydrogens is 268 g/mol. The Morgan fingerprint density at radius 2 is 2.00 bits per heavy atom. The van der Waals surface area contributed by atoms with E-state index in [4.69, 9.17) is 15.2 Å². The number of hydrogen-bond donors (Lipinski definition) is 2. The van der Waals surface area contributed by atoms with Crippen LogP contribution in [-0.2, 0) is 0 Å². The number of rotatable bonds is 7. The van der Waals surface area contributed by atoms with Crippen molar-refractivity contribution < 1.29 is 14.3 Å². The Kier molecular flexibility index (Phi) is 8.74. The third-order valence-corrected chi connectivity index (χ3v) is 2.57. The molecule has 0 aliphatic rings. The highest BCUT2D eigenvalue weighted by Crippen LogP contribution is 2.23. The lowest BCUT2D eigenvalue weighted by Crippen LogP contribution is -2.25. The summed E-state index contributed by atoms with van der Waals surface area (Å²) < 4.78 is 10.3. The van der Waals surface area contributed by atoms with E-state index in [9.17, 15) is 4.79 Å². The third kappa shape index (κ3) is 5.36. The summed E-state index contributed by atoms with van der Waals surface area (Å²) in [7, 11) is 3.09. The van der Waals surface area contributed by atoms with Gasteiger partial charge in [0.15, 0.2) is 0 Å². The van der Waals surface area contributed by atoms with E-state index in [0.29, 0.717) is 30.2 Å². The molecular formula is C13H21ClN2O3. The maximum absolute atomic E-state index is 12.0. The third-order valence-electron chi connectivity index (χ3n) is 2.57. The number of carbonyl (C=O) groups is 1. The first-order chi connectivity index (χ1) is 8.72. The predicted octanol–water partition coefficient (Wildman–Crippen LogP) is 1.59. The van der Waals surface area contributed by atoms with Gasteiger partial charge in [0, 0.05) is 6.54 Å². The molecule has 0 fully saturated rings. The number of amides is 1. The van der Waals surface area contributed by atoms with E-state index in [1.54, 1.807) is 25.3 Å². The smallest absolute Gasteiger partial charge is 0.255 e. The molecule has 0 atom stereocenters. The van der Waals surface area contributed by atoms with Crippen molar-refractivity contribution in [1.29, 1.82) is 0 Å². The normalized spacial score (nSPS) is 9.42. The van der Waals surface area contributed by atoms with Crippen LogP contribution in [0.25, 0.3) is 0 Å². The van der Waals surface area contributed by atoms with Gasteiger partial charge in [0.05, 0.1) is 19.8 Å². The van der Waals surface area contributed by atoms with Crippen molar-refractivity contribution in [2.45, 2.75) is 12.8 Å². The fourth-order valence-corrected chi connectivity index (χ4v) is 1.56. The highest BCUT2D eigenvalue weighted by atomic mass is 35.5. The van der Waals surface area contributed by atoms with Crippen LogP contribution in [-0.4, -0.2) is 33.2 Å². The Morgan fingerprint density at radius 1 is 1.26 bits per heavy atom. The van der Waals surface area contributed by atoms with E-state index >= 15 is 0 Å². The fourth-order valence-electron chi connectivity index (χ4n) is 1.56. The van der Waals surface area contributed by atoms with Gasteiger partial charge in [-0.15, -0.1) is 12.4 Å². The van der Waals surface area contributed by atoms with E-state index in [1.807, 2.05) is 0 Å². The zero-order valence-corrected chi connectivity index (χ0v) is 12.1. The van der Waals surface area contributed by atoms with Gasteiger partial charge in [0.1, 0.15) is 11.5 Å². The molecule has 1 rings (SSSR count). The van der Waals surface area contributed by atoms with Crippen LogP contribution >= 0.6 is 12.4 Å². The molecule has 19 heavy (non-hydrogen) atoms. The van der Waals surface area contributed by atoms with E-state index in [-0.39, 0.29) is 18.3 Å². The molecule has 0 aliphatic heterocycles. The minimum absolute atomic E-state index is 0. The van der Waals surface area contributed by atoms with Gasteiger partial charge in [-0.3, -0.25) is 4.79 Å². The van der Waals surface area contributed by atoms with Crippen molar-refractivity contribution in [3.05, 3.63) is 23.8 Å². The second-order valence-corrected chi connectivity index (χ2v) is 3.82. The minimum Gasteiger partial charge on any atom is -0.497 e. The predicted molar refractivity (Wildman–Crippen MR) is 77.4 cm³/mol. The van der Waals surface area contributed by atoms with E-state index in [1.165, 1.54) is 7.11 Å². The first kappa shape index (κ1) is 17.5. The summed E-state index contributed by atoms with van der Waals surface area (Å²) in [6.07, 6.45) is 1.77. The Hall–Kier alpha value is -1.46. The number of hydrogen-bond acceptors (Lipinski definition) is 4. The maximum Gasteiger partial charge on any atom is 0.255 e. The lowest BCUT2D eigenvalue weighted by Gasteiger charge is -2.10. The van der Waals surface area contributed by atoms with Crippen LogP contribution in [0.3, 0.4) is 0 Å². The molecule has 0 saturated heterocycles. The molecule has 0 unspecified atom stereocenters. The molecule has 1 aromatic rings. The zero-order chi connectivity index (χ0) is 13.4. The molecule has 0 aliphatic carbocycles. The summed E-state index contributed by atoms with van der Waals surface area (Å²) in [5, 5.41) is 2.83. The van der Waals surface area contributed by atoms with Crippen molar-refractivity contribution in [2.75, 3.05) is 27.3 Å². The molecule has 5 nitrogen and oxygen atoms in total. The monoisotopic (exact) mass is 288 g/mol. The highest BCUT2D eigenvalue weighted by Gasteiger charge is 2.12. The van der Waals surface area contributed by atoms with Gasteiger partial charge in [-0.25, -0.2) is 0 Å². The quantitative estimate of drug-likeness (QED) is 0.748. The van der Waals surface area contributed by atoms with Crippen molar-refractivity contribution in [1.82, 2.24) is 5.32 Å². The number of nitrogens with one attached hydrogen (secondary N) is 1. The van der Waals surface area contributed by atoms with Crippen molar-refractivity contribution in [3.63, 3.8) is 0 Å². The van der Waals surface area contributed by atoms with Crippen molar-refractivity contribution in [3.8, 4) is 11.5 Å². The first-order valence-electron chi connectivity index (χ1n) is 5.93. The molecule has 108 valence electrons. The number of carbonyl (C=O) groups excluding carboxylic acids is 1. The van der Waals surface area contributed by atoms with Gasteiger partial charge in [-0.1, -0.05) is 0 Å². The second kappa shape index (κ2) is 9.47. The van der Waals surface area contributed by atoms with E-state index < -0.39 is 0 Å². The summed E-state index contributed by atoms with van der Waals surface area (Å²) >= 11 is 0. The summed E-state index contributed by atoms with van der Waals surface area (Å²) in [6.45, 7) is 1.24. The minimum atomic E-state index is -0.164. The van der Waals surface area contributed by atoms with E-state index in [2.05, 4.69) is 5.32 Å². The average molecular weight is 289 g/mol. The summed E-state index contributed by atoms with van der Waals surface area (Å²) in [4.78, 5) is 12.0. The molecule has 0 heterocycles. The number of benzene rings is 1. The number of nitrogens with two attached hydrogens (primary N) is 1. The molecule has 1 amide bonds. The molecule has 1 aromatic carbocycles. The molecule has 0 saturated carbocycles. The zero-order valence-electron chi connectivity index (χ0n) is 11.3. The lowest BCUT2D eigenvalue weighted by molar-refractivity contribution is 0.0949. The van der Waals surface area contributed by atoms with Gasteiger partial charge in [-0.2, -0.15) is 0 Å². The van der Waals surface area contributed by atoms with Gasteiger partial charge >= 0.3 is 0 Å². The van der Waals surface area contributed by atoms with Crippen LogP contribution < -0.4 is 20.5 Å². The largest absolute Gasteiger partial charge is 0.497 e. The van der Waals surface area contributed by atoms with Crippen LogP contribution in [0.15, 0.2) is 18.2 Å². The lowest BCUT2D eigenvalue weighted by atomic mass is 10.1. The van der Waals surface area contributed by atoms with Crippen LogP contribution in [0.2, 0.25) is 0 Å². The van der Waals surface area contributed by atoms with Crippen molar-refractivity contribution in [2.24, 2.45) is 5.73 Å². The number of unbranched alkanes of at least 4 members (excludes halogenated alkanes) is 1. The SMILES string of the molecule is COc1ccc(OC)c(C(=O)NCCCCN)c1.Cl. The Balaban J connectivity index is 0.00000324. The topological polar surface area (TPSA) is 73.6 Å². The van der Waals surface area contributed by atoms with Crippen LogP contribution in [0.4, 0.5) is 0 Å². The summed E-state index contributed by atoms with van der Waals surface area (Å²) in [5.41, 5.74) is 5.87. The highest BCUT2D eigenvalue weighted by molar-refractivity contribution is 5.97. The number of methoxy groups -OCH3 is 2. The molecule has 0 radical (unpaired) electrons. The van der Waals surface area contributed by atoms with Crippen molar-refractivity contribution >= 4 is 18.3 Å². The van der Waals surface area contributed by atoms with Crippen LogP contribution in [0, 0.1) is 0 Å². The van der Waals surface area contributed by atoms with Gasteiger partial charge < -0.3 is 20.5 Å². The Bertz CT molecular complexity index is 399. The van der Waals surface area contributed by atoms with Gasteiger partial charge in [0.2, 0.25) is 0 Å². The standard InChI is InChI=1S/C13H20N2O3.ClH/c1-17-10-5-6-12(18-2)11(9-10)13(16)15-8-4-3-7-14;/h5-6,9H,3-4,7-8,14H2,1-2H3,(H,15,16);1H. The maximum atomic E-state index is 12.0. The molecule has 0 spiro atoms. The Morgan fingerprint density at radius 3 is 2.58 bits per heavy atom. The first-order valence-corrected chi connectivity index (χ1v) is 5.93. The number of halogens is 1. The van der Waals surface area contributed by atoms with Gasteiger partial charge in [0.25, 0.3) is 5.91 Å². The number of ether oxygens (including phenoxy) is 2. The molecule has 0 bridgehead atoms. The second-order valence-electron chi connectivity index (χ2n) is 3.82. The molecule has 6 heteroatoms. The summed E-state index contributed by atoms with van der Waals surface area (Å²) in [6, 6.07) is 5.13. The molecule has 3 N–H and O–H groups in total. The average Bonchev–Trinajstić information content (AvgIpc) is 2.42. The Labute approximate surface area is 119 Å². The van der Waals surface area contributed by atoms with Gasteiger partial charge in [-0.05, 0) is 37.6 Å². The van der Waals surface area contributed by atoms with Crippen LogP contribution in [0.5, 0.6) is 11.5 Å². The molecule has 0 aromatic heterocycles.